The number of pyridine rings is 1. The summed E-state index contributed by atoms with van der Waals surface area (Å²) in [5.74, 6) is -1.82. The summed E-state index contributed by atoms with van der Waals surface area (Å²) >= 11 is 0. The maximum absolute atomic E-state index is 13.6. The van der Waals surface area contributed by atoms with Gasteiger partial charge in [0.05, 0.1) is 11.3 Å². The zero-order valence-corrected chi connectivity index (χ0v) is 20.1. The van der Waals surface area contributed by atoms with Crippen LogP contribution in [-0.4, -0.2) is 27.5 Å². The van der Waals surface area contributed by atoms with E-state index in [1.807, 2.05) is 30.3 Å². The normalized spacial score (nSPS) is 11.7. The first-order chi connectivity index (χ1) is 17.7. The van der Waals surface area contributed by atoms with E-state index >= 15 is 0 Å². The van der Waals surface area contributed by atoms with Crippen LogP contribution in [0, 0.1) is 12.7 Å². The van der Waals surface area contributed by atoms with Gasteiger partial charge in [-0.25, -0.2) is 4.39 Å². The van der Waals surface area contributed by atoms with Crippen molar-refractivity contribution in [3.63, 3.8) is 0 Å². The topological polar surface area (TPSA) is 114 Å². The van der Waals surface area contributed by atoms with Crippen molar-refractivity contribution >= 4 is 17.6 Å². The van der Waals surface area contributed by atoms with E-state index in [4.69, 9.17) is 5.73 Å². The Kier molecular flexibility index (Phi) is 7.60. The van der Waals surface area contributed by atoms with Crippen LogP contribution in [0.1, 0.15) is 32.6 Å². The Morgan fingerprint density at radius 2 is 1.68 bits per heavy atom. The summed E-state index contributed by atoms with van der Waals surface area (Å²) < 4.78 is 14.9. The standard InChI is InChI=1S/C29H26FN3O4/c1-18-15-21(9-13-24(18)30)27(35)23-12-14-26(34)33(28(23)31)22-10-7-20(8-11-22)17-32-25(29(36)37)16-19-5-3-2-4-6-19/h2-15,25,32H,16-17,31H2,1H3,(H,36,37). The summed E-state index contributed by atoms with van der Waals surface area (Å²) in [6, 6.07) is 22.1. The molecule has 1 atom stereocenters. The van der Waals surface area contributed by atoms with Crippen LogP contribution in [0.2, 0.25) is 0 Å². The Balaban J connectivity index is 1.53. The van der Waals surface area contributed by atoms with E-state index < -0.39 is 29.2 Å². The predicted octanol–water partition coefficient (Wildman–Crippen LogP) is 3.88. The molecule has 0 aliphatic rings. The second kappa shape index (κ2) is 11.0. The first-order valence-electron chi connectivity index (χ1n) is 11.7. The quantitative estimate of drug-likeness (QED) is 0.301. The molecule has 1 aromatic heterocycles. The molecule has 188 valence electrons. The highest BCUT2D eigenvalue weighted by atomic mass is 19.1. The fourth-order valence-corrected chi connectivity index (χ4v) is 4.05. The number of hydrogen-bond donors (Lipinski definition) is 3. The summed E-state index contributed by atoms with van der Waals surface area (Å²) in [5.41, 5.74) is 8.74. The van der Waals surface area contributed by atoms with Gasteiger partial charge in [-0.05, 0) is 66.4 Å². The van der Waals surface area contributed by atoms with Crippen molar-refractivity contribution in [2.75, 3.05) is 5.73 Å². The lowest BCUT2D eigenvalue weighted by Crippen LogP contribution is -2.38. The maximum Gasteiger partial charge on any atom is 0.321 e. The number of anilines is 1. The minimum Gasteiger partial charge on any atom is -0.480 e. The van der Waals surface area contributed by atoms with Crippen molar-refractivity contribution in [2.45, 2.75) is 25.9 Å². The highest BCUT2D eigenvalue weighted by Crippen LogP contribution is 2.20. The molecule has 8 heteroatoms. The van der Waals surface area contributed by atoms with Gasteiger partial charge in [0.2, 0.25) is 0 Å². The van der Waals surface area contributed by atoms with E-state index in [1.54, 1.807) is 31.2 Å². The van der Waals surface area contributed by atoms with Crippen molar-refractivity contribution < 1.29 is 19.1 Å². The van der Waals surface area contributed by atoms with Gasteiger partial charge in [0, 0.05) is 18.2 Å². The van der Waals surface area contributed by atoms with E-state index in [0.29, 0.717) is 24.2 Å². The molecule has 4 N–H and O–H groups in total. The van der Waals surface area contributed by atoms with Crippen molar-refractivity contribution in [3.05, 3.63) is 129 Å². The van der Waals surface area contributed by atoms with Gasteiger partial charge < -0.3 is 16.2 Å². The number of nitrogens with two attached hydrogens (primary N) is 1. The van der Waals surface area contributed by atoms with Crippen LogP contribution in [-0.2, 0) is 17.8 Å². The molecular formula is C29H26FN3O4. The molecule has 0 saturated heterocycles. The molecular weight excluding hydrogens is 473 g/mol. The lowest BCUT2D eigenvalue weighted by atomic mass is 10.0. The van der Waals surface area contributed by atoms with Gasteiger partial charge in [0.1, 0.15) is 17.7 Å². The molecule has 0 bridgehead atoms. The average Bonchev–Trinajstić information content (AvgIpc) is 2.89. The summed E-state index contributed by atoms with van der Waals surface area (Å²) in [4.78, 5) is 37.4. The summed E-state index contributed by atoms with van der Waals surface area (Å²) in [6.45, 7) is 1.87. The monoisotopic (exact) mass is 499 g/mol. The fraction of sp³-hybridized carbons (Fsp3) is 0.138. The van der Waals surface area contributed by atoms with E-state index in [9.17, 15) is 23.9 Å². The van der Waals surface area contributed by atoms with Crippen LogP contribution >= 0.6 is 0 Å². The van der Waals surface area contributed by atoms with E-state index in [2.05, 4.69) is 5.32 Å². The number of nitrogens with one attached hydrogen (secondary N) is 1. The number of hydrogen-bond acceptors (Lipinski definition) is 5. The van der Waals surface area contributed by atoms with Crippen LogP contribution in [0.4, 0.5) is 10.2 Å². The predicted molar refractivity (Wildman–Crippen MR) is 139 cm³/mol. The number of nitrogens with zero attached hydrogens (tertiary/aromatic N) is 1. The molecule has 0 radical (unpaired) electrons. The first-order valence-corrected chi connectivity index (χ1v) is 11.7. The molecule has 4 rings (SSSR count). The zero-order valence-electron chi connectivity index (χ0n) is 20.1. The van der Waals surface area contributed by atoms with Gasteiger partial charge >= 0.3 is 5.97 Å². The number of halogens is 1. The van der Waals surface area contributed by atoms with Crippen LogP contribution in [0.15, 0.2) is 89.7 Å². The summed E-state index contributed by atoms with van der Waals surface area (Å²) in [7, 11) is 0. The van der Waals surface area contributed by atoms with Gasteiger partial charge in [-0.3, -0.25) is 19.0 Å². The van der Waals surface area contributed by atoms with Crippen LogP contribution in [0.5, 0.6) is 0 Å². The third-order valence-corrected chi connectivity index (χ3v) is 6.12. The molecule has 4 aromatic rings. The second-order valence-electron chi connectivity index (χ2n) is 8.73. The number of aryl methyl sites for hydroxylation is 1. The summed E-state index contributed by atoms with van der Waals surface area (Å²) in [6.07, 6.45) is 0.342. The Labute approximate surface area is 213 Å². The van der Waals surface area contributed by atoms with Gasteiger partial charge in [-0.15, -0.1) is 0 Å². The van der Waals surface area contributed by atoms with E-state index in [0.717, 1.165) is 11.1 Å². The number of ketones is 1. The van der Waals surface area contributed by atoms with E-state index in [-0.39, 0.29) is 16.9 Å². The van der Waals surface area contributed by atoms with Crippen molar-refractivity contribution in [3.8, 4) is 5.69 Å². The molecule has 0 aliphatic carbocycles. The first kappa shape index (κ1) is 25.5. The zero-order chi connectivity index (χ0) is 26.5. The van der Waals surface area contributed by atoms with Crippen LogP contribution < -0.4 is 16.6 Å². The average molecular weight is 500 g/mol. The Morgan fingerprint density at radius 1 is 0.973 bits per heavy atom. The fourth-order valence-electron chi connectivity index (χ4n) is 4.05. The number of carboxylic acid groups (broad SMARTS) is 1. The maximum atomic E-state index is 13.6. The lowest BCUT2D eigenvalue weighted by molar-refractivity contribution is -0.139. The van der Waals surface area contributed by atoms with Gasteiger partial charge in [-0.1, -0.05) is 42.5 Å². The number of benzene rings is 3. The molecule has 1 unspecified atom stereocenters. The molecule has 7 nitrogen and oxygen atoms in total. The van der Waals surface area contributed by atoms with Crippen molar-refractivity contribution in [2.24, 2.45) is 0 Å². The van der Waals surface area contributed by atoms with E-state index in [1.165, 1.54) is 34.9 Å². The Morgan fingerprint density at radius 3 is 2.32 bits per heavy atom. The number of aromatic nitrogens is 1. The molecule has 37 heavy (non-hydrogen) atoms. The summed E-state index contributed by atoms with van der Waals surface area (Å²) in [5, 5.41) is 12.6. The number of nitrogen functional groups attached to an aromatic ring is 1. The number of carboxylic acids is 1. The largest absolute Gasteiger partial charge is 0.480 e. The van der Waals surface area contributed by atoms with Gasteiger partial charge in [0.15, 0.2) is 5.78 Å². The highest BCUT2D eigenvalue weighted by Gasteiger charge is 2.19. The molecule has 0 spiro atoms. The number of aliphatic carboxylic acids is 1. The minimum atomic E-state index is -0.947. The number of rotatable bonds is 9. The molecule has 0 fully saturated rings. The lowest BCUT2D eigenvalue weighted by Gasteiger charge is -2.16. The minimum absolute atomic E-state index is 0.0286. The van der Waals surface area contributed by atoms with Crippen molar-refractivity contribution in [1.29, 1.82) is 0 Å². The highest BCUT2D eigenvalue weighted by molar-refractivity contribution is 6.11. The van der Waals surface area contributed by atoms with Crippen molar-refractivity contribution in [1.82, 2.24) is 9.88 Å². The third-order valence-electron chi connectivity index (χ3n) is 6.12. The molecule has 0 amide bonds. The smallest absolute Gasteiger partial charge is 0.321 e. The van der Waals surface area contributed by atoms with Gasteiger partial charge in [-0.2, -0.15) is 0 Å². The number of carbonyl (C=O) groups is 2. The van der Waals surface area contributed by atoms with Gasteiger partial charge in [0.25, 0.3) is 5.56 Å². The molecule has 1 heterocycles. The number of carbonyl (C=O) groups excluding carboxylic acids is 1. The Hall–Kier alpha value is -4.56. The van der Waals surface area contributed by atoms with Crippen LogP contribution in [0.3, 0.4) is 0 Å². The SMILES string of the molecule is Cc1cc(C(=O)c2ccc(=O)n(-c3ccc(CNC(Cc4ccccc4)C(=O)O)cc3)c2N)ccc1F. The Bertz CT molecular complexity index is 1500. The van der Waals surface area contributed by atoms with Crippen LogP contribution in [0.25, 0.3) is 5.69 Å². The molecule has 0 saturated carbocycles. The molecule has 3 aromatic carbocycles. The molecule has 0 aliphatic heterocycles. The third kappa shape index (κ3) is 5.82. The second-order valence-corrected chi connectivity index (χ2v) is 8.73.